The molecule has 0 aliphatic carbocycles. The second-order valence-electron chi connectivity index (χ2n) is 7.31. The summed E-state index contributed by atoms with van der Waals surface area (Å²) in [6.07, 6.45) is 1.70. The van der Waals surface area contributed by atoms with Crippen molar-refractivity contribution in [2.24, 2.45) is 0 Å². The molecule has 2 rings (SSSR count). The van der Waals surface area contributed by atoms with Gasteiger partial charge in [-0.05, 0) is 58.0 Å². The first-order valence-electron chi connectivity index (χ1n) is 8.86. The predicted octanol–water partition coefficient (Wildman–Crippen LogP) is 3.74. The van der Waals surface area contributed by atoms with Gasteiger partial charge in [0.25, 0.3) is 0 Å². The van der Waals surface area contributed by atoms with Gasteiger partial charge in [-0.2, -0.15) is 0 Å². The minimum Gasteiger partial charge on any atom is -0.486 e. The molecule has 2 aromatic rings. The normalized spacial score (nSPS) is 12.0. The lowest BCUT2D eigenvalue weighted by molar-refractivity contribution is -0.120. The first-order valence-corrected chi connectivity index (χ1v) is 9.23. The van der Waals surface area contributed by atoms with Crippen LogP contribution in [0.4, 0.5) is 10.5 Å². The molecule has 1 atom stereocenters. The molecule has 0 radical (unpaired) electrons. The maximum absolute atomic E-state index is 12.2. The summed E-state index contributed by atoms with van der Waals surface area (Å²) in [7, 11) is 0. The zero-order chi connectivity index (χ0) is 20.7. The van der Waals surface area contributed by atoms with E-state index in [1.54, 1.807) is 31.3 Å². The molecule has 0 fully saturated rings. The van der Waals surface area contributed by atoms with Crippen LogP contribution in [0.3, 0.4) is 0 Å². The number of urea groups is 1. The van der Waals surface area contributed by atoms with Gasteiger partial charge in [-0.15, -0.1) is 0 Å². The number of aromatic nitrogens is 1. The van der Waals surface area contributed by atoms with Crippen LogP contribution in [0, 0.1) is 0 Å². The summed E-state index contributed by atoms with van der Waals surface area (Å²) in [5, 5.41) is 8.39. The number of ether oxygens (including phenoxy) is 1. The maximum atomic E-state index is 12.2. The topological polar surface area (TPSA) is 92.3 Å². The van der Waals surface area contributed by atoms with Crippen molar-refractivity contribution in [3.8, 4) is 5.75 Å². The fraction of sp³-hybridized carbons (Fsp3) is 0.350. The van der Waals surface area contributed by atoms with Gasteiger partial charge in [0, 0.05) is 17.4 Å². The monoisotopic (exact) mass is 404 g/mol. The van der Waals surface area contributed by atoms with Crippen LogP contribution in [-0.2, 0) is 11.4 Å². The summed E-state index contributed by atoms with van der Waals surface area (Å²) in [5.74, 6) is 0.0629. The Morgan fingerprint density at radius 3 is 2.57 bits per heavy atom. The predicted molar refractivity (Wildman–Crippen MR) is 110 cm³/mol. The van der Waals surface area contributed by atoms with Crippen LogP contribution in [-0.4, -0.2) is 28.5 Å². The van der Waals surface area contributed by atoms with Gasteiger partial charge < -0.3 is 15.4 Å². The number of anilines is 1. The summed E-state index contributed by atoms with van der Waals surface area (Å²) in [6, 6.07) is 9.52. The number of hydrogen-bond acceptors (Lipinski definition) is 5. The van der Waals surface area contributed by atoms with Crippen LogP contribution in [0.15, 0.2) is 42.6 Å². The second kappa shape index (κ2) is 9.41. The Bertz CT molecular complexity index is 822. The molecule has 0 aliphatic heterocycles. The van der Waals surface area contributed by atoms with Gasteiger partial charge in [0.2, 0.25) is 5.91 Å². The zero-order valence-electron chi connectivity index (χ0n) is 16.4. The third-order valence-corrected chi connectivity index (χ3v) is 3.83. The van der Waals surface area contributed by atoms with Gasteiger partial charge in [-0.3, -0.25) is 15.1 Å². The van der Waals surface area contributed by atoms with E-state index >= 15 is 0 Å². The van der Waals surface area contributed by atoms with E-state index in [4.69, 9.17) is 16.3 Å². The highest BCUT2D eigenvalue weighted by Crippen LogP contribution is 2.28. The minimum atomic E-state index is -0.637. The van der Waals surface area contributed by atoms with Crippen LogP contribution in [0.1, 0.15) is 33.4 Å². The molecule has 1 unspecified atom stereocenters. The first kappa shape index (κ1) is 21.5. The summed E-state index contributed by atoms with van der Waals surface area (Å²) < 4.78 is 5.67. The number of amides is 3. The van der Waals surface area contributed by atoms with E-state index in [1.807, 2.05) is 39.0 Å². The molecule has 8 heteroatoms. The van der Waals surface area contributed by atoms with Crippen LogP contribution >= 0.6 is 11.6 Å². The molecule has 1 aromatic heterocycles. The lowest BCUT2D eigenvalue weighted by atomic mass is 10.1. The third-order valence-electron chi connectivity index (χ3n) is 3.54. The van der Waals surface area contributed by atoms with E-state index in [0.29, 0.717) is 23.1 Å². The molecule has 3 amide bonds. The number of nitrogens with zero attached hydrogens (tertiary/aromatic N) is 1. The molecule has 0 bridgehead atoms. The highest BCUT2D eigenvalue weighted by atomic mass is 35.5. The summed E-state index contributed by atoms with van der Waals surface area (Å²) in [5.41, 5.74) is 0.994. The van der Waals surface area contributed by atoms with Crippen molar-refractivity contribution in [1.29, 1.82) is 0 Å². The first-order chi connectivity index (χ1) is 13.1. The van der Waals surface area contributed by atoms with Gasteiger partial charge >= 0.3 is 6.03 Å². The third kappa shape index (κ3) is 7.08. The largest absolute Gasteiger partial charge is 0.486 e. The van der Waals surface area contributed by atoms with Crippen molar-refractivity contribution < 1.29 is 14.3 Å². The number of imide groups is 1. The standard InChI is InChI=1S/C20H25ClN4O3/c1-13(18(26)24-19(27)25-20(2,3)4)23-14-8-9-17(16(21)11-14)28-12-15-7-5-6-10-22-15/h5-11,13,23H,12H2,1-4H3,(H2,24,25,26,27). The van der Waals surface area contributed by atoms with Crippen LogP contribution < -0.4 is 20.7 Å². The van der Waals surface area contributed by atoms with Crippen molar-refractivity contribution in [1.82, 2.24) is 15.6 Å². The minimum absolute atomic E-state index is 0.301. The van der Waals surface area contributed by atoms with Gasteiger partial charge in [-0.1, -0.05) is 17.7 Å². The molecule has 0 aliphatic rings. The Kier molecular flexibility index (Phi) is 7.23. The summed E-state index contributed by atoms with van der Waals surface area (Å²) in [4.78, 5) is 28.1. The number of carbonyl (C=O) groups excluding carboxylic acids is 2. The van der Waals surface area contributed by atoms with Crippen LogP contribution in [0.2, 0.25) is 5.02 Å². The molecule has 28 heavy (non-hydrogen) atoms. The Balaban J connectivity index is 1.90. The Morgan fingerprint density at radius 1 is 1.21 bits per heavy atom. The summed E-state index contributed by atoms with van der Waals surface area (Å²) in [6.45, 7) is 7.45. The van der Waals surface area contributed by atoms with Crippen molar-refractivity contribution in [3.63, 3.8) is 0 Å². The molecule has 1 heterocycles. The highest BCUT2D eigenvalue weighted by Gasteiger charge is 2.19. The molecule has 7 nitrogen and oxygen atoms in total. The van der Waals surface area contributed by atoms with Crippen LogP contribution in [0.25, 0.3) is 0 Å². The van der Waals surface area contributed by atoms with Gasteiger partial charge in [0.05, 0.1) is 10.7 Å². The number of pyridine rings is 1. The number of hydrogen-bond donors (Lipinski definition) is 3. The molecule has 1 aromatic carbocycles. The lowest BCUT2D eigenvalue weighted by Gasteiger charge is -2.21. The molecule has 0 spiro atoms. The highest BCUT2D eigenvalue weighted by molar-refractivity contribution is 6.32. The molecule has 3 N–H and O–H groups in total. The average Bonchev–Trinajstić information content (AvgIpc) is 2.60. The van der Waals surface area contributed by atoms with Crippen LogP contribution in [0.5, 0.6) is 5.75 Å². The van der Waals surface area contributed by atoms with E-state index in [1.165, 1.54) is 0 Å². The lowest BCUT2D eigenvalue weighted by Crippen LogP contribution is -2.51. The Hall–Kier alpha value is -2.80. The molecule has 0 saturated carbocycles. The van der Waals surface area contributed by atoms with Gasteiger partial charge in [0.15, 0.2) is 0 Å². The Labute approximate surface area is 169 Å². The SMILES string of the molecule is CC(Nc1ccc(OCc2ccccn2)c(Cl)c1)C(=O)NC(=O)NC(C)(C)C. The van der Waals surface area contributed by atoms with E-state index in [-0.39, 0.29) is 0 Å². The number of carbonyl (C=O) groups is 2. The van der Waals surface area contributed by atoms with E-state index in [2.05, 4.69) is 20.9 Å². The average molecular weight is 405 g/mol. The molecule has 150 valence electrons. The number of benzene rings is 1. The van der Waals surface area contributed by atoms with E-state index in [9.17, 15) is 9.59 Å². The molecule has 0 saturated heterocycles. The number of nitrogens with one attached hydrogen (secondary N) is 3. The van der Waals surface area contributed by atoms with Gasteiger partial charge in [-0.25, -0.2) is 4.79 Å². The molecular formula is C20H25ClN4O3. The smallest absolute Gasteiger partial charge is 0.321 e. The van der Waals surface area contributed by atoms with Crippen molar-refractivity contribution in [2.75, 3.05) is 5.32 Å². The molecular weight excluding hydrogens is 380 g/mol. The summed E-state index contributed by atoms with van der Waals surface area (Å²) >= 11 is 6.27. The Morgan fingerprint density at radius 2 is 1.96 bits per heavy atom. The fourth-order valence-electron chi connectivity index (χ4n) is 2.25. The quantitative estimate of drug-likeness (QED) is 0.682. The van der Waals surface area contributed by atoms with Gasteiger partial charge in [0.1, 0.15) is 18.4 Å². The van der Waals surface area contributed by atoms with Crippen molar-refractivity contribution in [2.45, 2.75) is 45.9 Å². The van der Waals surface area contributed by atoms with Crippen molar-refractivity contribution in [3.05, 3.63) is 53.3 Å². The maximum Gasteiger partial charge on any atom is 0.321 e. The van der Waals surface area contributed by atoms with E-state index < -0.39 is 23.5 Å². The second-order valence-corrected chi connectivity index (χ2v) is 7.72. The number of rotatable bonds is 6. The van der Waals surface area contributed by atoms with E-state index in [0.717, 1.165) is 5.69 Å². The number of halogens is 1. The zero-order valence-corrected chi connectivity index (χ0v) is 17.1. The fourth-order valence-corrected chi connectivity index (χ4v) is 2.49. The van der Waals surface area contributed by atoms with Crippen molar-refractivity contribution >= 4 is 29.2 Å².